The van der Waals surface area contributed by atoms with Crippen molar-refractivity contribution in [3.63, 3.8) is 0 Å². The Balaban J connectivity index is 0.874. The fraction of sp³-hybridized carbons (Fsp3) is 0.0727. The lowest BCUT2D eigenvalue weighted by Crippen LogP contribution is -2.61. The first-order chi connectivity index (χ1) is 57.3. The Morgan fingerprint density at radius 3 is 0.795 bits per heavy atom. The minimum Gasteiger partial charge on any atom is -0.311 e. The normalized spacial score (nSPS) is 12.8. The molecule has 0 spiro atoms. The molecule has 0 saturated heterocycles. The first kappa shape index (κ1) is 68.2. The molecule has 6 heterocycles. The highest BCUT2D eigenvalue weighted by Crippen LogP contribution is 2.51. The van der Waals surface area contributed by atoms with Gasteiger partial charge in [0.25, 0.3) is 6.71 Å². The Morgan fingerprint density at radius 2 is 0.453 bits per heavy atom. The summed E-state index contributed by atoms with van der Waals surface area (Å²) in [6.45, 7) is 13.7. The number of benzene rings is 17. The highest BCUT2D eigenvalue weighted by atomic mass is 15.2. The number of para-hydroxylation sites is 5. The molecule has 4 aromatic heterocycles. The Morgan fingerprint density at radius 1 is 0.188 bits per heavy atom. The monoisotopic (exact) mass is 1500 g/mol. The zero-order valence-electron chi connectivity index (χ0n) is 66.1. The van der Waals surface area contributed by atoms with Crippen molar-refractivity contribution in [1.82, 2.24) is 18.3 Å². The summed E-state index contributed by atoms with van der Waals surface area (Å²) in [6.07, 6.45) is 0. The third-order valence-corrected chi connectivity index (χ3v) is 25.2. The van der Waals surface area contributed by atoms with Crippen LogP contribution < -0.4 is 26.2 Å². The lowest BCUT2D eigenvalue weighted by Gasteiger charge is -2.45. The van der Waals surface area contributed by atoms with Gasteiger partial charge in [-0.05, 0) is 228 Å². The van der Waals surface area contributed by atoms with E-state index in [2.05, 4.69) is 452 Å². The zero-order chi connectivity index (χ0) is 78.1. The van der Waals surface area contributed by atoms with Crippen molar-refractivity contribution in [2.45, 2.75) is 52.4 Å². The van der Waals surface area contributed by atoms with Crippen LogP contribution in [-0.2, 0) is 10.8 Å². The van der Waals surface area contributed by atoms with E-state index >= 15 is 0 Å². The molecule has 23 rings (SSSR count). The van der Waals surface area contributed by atoms with Crippen LogP contribution in [0.25, 0.3) is 154 Å². The molecule has 117 heavy (non-hydrogen) atoms. The molecule has 0 saturated carbocycles. The van der Waals surface area contributed by atoms with E-state index in [1.165, 1.54) is 92.7 Å². The average Bonchev–Trinajstić information content (AvgIpc) is 1.01. The second kappa shape index (κ2) is 26.1. The molecule has 2 aliphatic rings. The predicted octanol–water partition coefficient (Wildman–Crippen LogP) is 27.4. The first-order valence-electron chi connectivity index (χ1n) is 41.0. The molecule has 0 fully saturated rings. The number of rotatable bonds is 10. The van der Waals surface area contributed by atoms with Gasteiger partial charge in [0, 0.05) is 94.3 Å². The topological polar surface area (TPSA) is 26.2 Å². The smallest absolute Gasteiger partial charge is 0.252 e. The van der Waals surface area contributed by atoms with E-state index in [0.29, 0.717) is 0 Å². The predicted molar refractivity (Wildman–Crippen MR) is 497 cm³/mol. The van der Waals surface area contributed by atoms with Crippen molar-refractivity contribution in [2.24, 2.45) is 0 Å². The standard InChI is InChI=1S/C110H81BN6/c1-109(2,3)78-47-54-101-91(63-78)92-64-79(110(4,5)6)48-55-102(92)114(101)82-50-53-95-105(67-82)117(84-61-76(72-33-15-9-16-34-72)58-77(62-84)73-35-17-10-18-36-73)107-69-85(115-100-46-28-23-41-90(100)93-65-80(51-56-103(93)115)112-96-42-24-19-37-86(96)87-38-20-25-43-97(87)112)68-106-108(107)111(95)94-52-49-81(113-98-44-26-21-39-88(98)89-40-22-27-45-99(89)113)66-104(94)116(106)83-59-74(70-29-11-7-12-30-70)57-75(60-83)71-31-13-8-14-32-71/h7-69H,1-6H3. The van der Waals surface area contributed by atoms with Crippen LogP contribution in [0.15, 0.2) is 382 Å². The maximum absolute atomic E-state index is 2.67. The minimum absolute atomic E-state index is 0.0743. The third-order valence-electron chi connectivity index (χ3n) is 25.2. The molecule has 0 bridgehead atoms. The second-order valence-electron chi connectivity index (χ2n) is 34.1. The van der Waals surface area contributed by atoms with Gasteiger partial charge in [-0.15, -0.1) is 0 Å². The SMILES string of the molecule is CC(C)(C)c1ccc2c(c1)c1cc(C(C)(C)C)ccc1n2-c1ccc2c(c1)N(c1cc(-c3ccccc3)cc(-c3ccccc3)c1)c1cc(-n3c4ccccc4c4cc(-n5c6ccccc6c6ccccc65)ccc43)cc3c1B2c1ccc(-n2c4ccccc4c4ccccc42)cc1N3c1cc(-c2ccccc2)cc(-c2ccccc2)c1. The van der Waals surface area contributed by atoms with Gasteiger partial charge in [-0.1, -0.05) is 278 Å². The van der Waals surface area contributed by atoms with E-state index in [9.17, 15) is 0 Å². The average molecular weight is 1500 g/mol. The summed E-state index contributed by atoms with van der Waals surface area (Å²) < 4.78 is 10.1. The van der Waals surface area contributed by atoms with Gasteiger partial charge in [-0.2, -0.15) is 0 Å². The van der Waals surface area contributed by atoms with Gasteiger partial charge in [-0.3, -0.25) is 0 Å². The lowest BCUT2D eigenvalue weighted by atomic mass is 9.33. The molecule has 2 aliphatic heterocycles. The maximum atomic E-state index is 2.67. The molecule has 7 heteroatoms. The summed E-state index contributed by atoms with van der Waals surface area (Å²) in [5, 5.41) is 9.75. The van der Waals surface area contributed by atoms with E-state index in [1.807, 2.05) is 0 Å². The number of anilines is 6. The summed E-state index contributed by atoms with van der Waals surface area (Å²) in [4.78, 5) is 5.32. The molecule has 6 nitrogen and oxygen atoms in total. The highest BCUT2D eigenvalue weighted by Gasteiger charge is 2.45. The summed E-state index contributed by atoms with van der Waals surface area (Å²) in [5.41, 5.74) is 35.2. The Labute approximate surface area is 680 Å². The van der Waals surface area contributed by atoms with Gasteiger partial charge in [-0.25, -0.2) is 0 Å². The van der Waals surface area contributed by atoms with Gasteiger partial charge >= 0.3 is 0 Å². The van der Waals surface area contributed by atoms with Crippen LogP contribution in [0.2, 0.25) is 0 Å². The van der Waals surface area contributed by atoms with Crippen molar-refractivity contribution < 1.29 is 0 Å². The molecular formula is C110H81BN6. The van der Waals surface area contributed by atoms with Crippen molar-refractivity contribution in [3.8, 4) is 67.3 Å². The maximum Gasteiger partial charge on any atom is 0.252 e. The fourth-order valence-electron chi connectivity index (χ4n) is 19.6. The Bertz CT molecular complexity index is 7350. The molecule has 0 N–H and O–H groups in total. The van der Waals surface area contributed by atoms with E-state index < -0.39 is 0 Å². The summed E-state index contributed by atoms with van der Waals surface area (Å²) in [5.74, 6) is 0. The zero-order valence-corrected chi connectivity index (χ0v) is 66.1. The van der Waals surface area contributed by atoms with Crippen molar-refractivity contribution in [1.29, 1.82) is 0 Å². The van der Waals surface area contributed by atoms with Gasteiger partial charge in [0.05, 0.1) is 49.8 Å². The summed E-state index contributed by atoms with van der Waals surface area (Å²) in [6, 6.07) is 145. The van der Waals surface area contributed by atoms with Crippen molar-refractivity contribution >= 4 is 144 Å². The molecular weight excluding hydrogens is 1420 g/mol. The molecule has 0 atom stereocenters. The summed E-state index contributed by atoms with van der Waals surface area (Å²) >= 11 is 0. The molecule has 0 radical (unpaired) electrons. The van der Waals surface area contributed by atoms with Crippen LogP contribution in [0.3, 0.4) is 0 Å². The third kappa shape index (κ3) is 10.8. The molecule has 0 unspecified atom stereocenters. The van der Waals surface area contributed by atoms with Crippen molar-refractivity contribution in [2.75, 3.05) is 9.80 Å². The molecule has 554 valence electrons. The Kier molecular flexibility index (Phi) is 15.2. The number of hydrogen-bond donors (Lipinski definition) is 0. The van der Waals surface area contributed by atoms with Crippen LogP contribution in [0.5, 0.6) is 0 Å². The van der Waals surface area contributed by atoms with E-state index in [4.69, 9.17) is 0 Å². The highest BCUT2D eigenvalue weighted by molar-refractivity contribution is 7.00. The van der Waals surface area contributed by atoms with E-state index in [-0.39, 0.29) is 17.5 Å². The first-order valence-corrected chi connectivity index (χ1v) is 41.0. The number of hydrogen-bond acceptors (Lipinski definition) is 2. The van der Waals surface area contributed by atoms with Gasteiger partial charge in [0.1, 0.15) is 0 Å². The van der Waals surface area contributed by atoms with E-state index in [1.54, 1.807) is 0 Å². The quantitative estimate of drug-likeness (QED) is 0.128. The van der Waals surface area contributed by atoms with Gasteiger partial charge < -0.3 is 28.1 Å². The molecule has 17 aromatic carbocycles. The number of fused-ring (bicyclic) bond motifs is 16. The Hall–Kier alpha value is -14.4. The van der Waals surface area contributed by atoms with Crippen LogP contribution >= 0.6 is 0 Å². The lowest BCUT2D eigenvalue weighted by molar-refractivity contribution is 0.590. The molecule has 0 aliphatic carbocycles. The van der Waals surface area contributed by atoms with E-state index in [0.717, 1.165) is 123 Å². The number of aromatic nitrogens is 4. The minimum atomic E-state index is -0.284. The molecule has 21 aromatic rings. The van der Waals surface area contributed by atoms with Crippen LogP contribution in [0.1, 0.15) is 52.7 Å². The largest absolute Gasteiger partial charge is 0.311 e. The molecule has 0 amide bonds. The van der Waals surface area contributed by atoms with Crippen LogP contribution in [0, 0.1) is 0 Å². The fourth-order valence-corrected chi connectivity index (χ4v) is 19.6. The van der Waals surface area contributed by atoms with Crippen LogP contribution in [0.4, 0.5) is 34.1 Å². The second-order valence-corrected chi connectivity index (χ2v) is 34.1. The van der Waals surface area contributed by atoms with Crippen LogP contribution in [-0.4, -0.2) is 25.0 Å². The number of nitrogens with zero attached hydrogens (tertiary/aromatic N) is 6. The summed E-state index contributed by atoms with van der Waals surface area (Å²) in [7, 11) is 0. The van der Waals surface area contributed by atoms with Gasteiger partial charge in [0.15, 0.2) is 0 Å². The van der Waals surface area contributed by atoms with Gasteiger partial charge in [0.2, 0.25) is 0 Å². The van der Waals surface area contributed by atoms with Crippen molar-refractivity contribution in [3.05, 3.63) is 393 Å².